The molecule has 0 saturated heterocycles. The predicted molar refractivity (Wildman–Crippen MR) is 59.9 cm³/mol. The average Bonchev–Trinajstić information content (AvgIpc) is 2.35. The molecule has 1 aromatic carbocycles. The Bertz CT molecular complexity index is 389. The highest BCUT2D eigenvalue weighted by Crippen LogP contribution is 2.22. The molecule has 4 nitrogen and oxygen atoms in total. The van der Waals surface area contributed by atoms with Crippen LogP contribution >= 0.6 is 11.6 Å². The Morgan fingerprint density at radius 2 is 2.12 bits per heavy atom. The van der Waals surface area contributed by atoms with Crippen molar-refractivity contribution in [1.29, 1.82) is 5.26 Å². The lowest BCUT2D eigenvalue weighted by Crippen LogP contribution is -2.18. The maximum atomic E-state index is 9.22. The van der Waals surface area contributed by atoms with Crippen molar-refractivity contribution in [2.45, 2.75) is 6.10 Å². The minimum atomic E-state index is -0.724. The van der Waals surface area contributed by atoms with Gasteiger partial charge in [-0.2, -0.15) is 5.26 Å². The van der Waals surface area contributed by atoms with Crippen molar-refractivity contribution in [1.82, 2.24) is 0 Å². The number of halogens is 1. The van der Waals surface area contributed by atoms with Crippen LogP contribution in [0.5, 0.6) is 11.5 Å². The molecule has 16 heavy (non-hydrogen) atoms. The van der Waals surface area contributed by atoms with Gasteiger partial charge in [0.05, 0.1) is 24.6 Å². The Hall–Kier alpha value is -1.44. The molecule has 86 valence electrons. The fraction of sp³-hybridized carbons (Fsp3) is 0.364. The highest BCUT2D eigenvalue weighted by Gasteiger charge is 2.05. The second-order valence-electron chi connectivity index (χ2n) is 3.13. The summed E-state index contributed by atoms with van der Waals surface area (Å²) in [7, 11) is 1.51. The first-order chi connectivity index (χ1) is 7.69. The van der Waals surface area contributed by atoms with Crippen molar-refractivity contribution in [3.8, 4) is 17.6 Å². The Kier molecular flexibility index (Phi) is 4.90. The van der Waals surface area contributed by atoms with E-state index >= 15 is 0 Å². The van der Waals surface area contributed by atoms with Crippen LogP contribution in [0.15, 0.2) is 18.2 Å². The SMILES string of the molecule is COc1cc(C#N)cc(OCC(O)CCl)c1. The van der Waals surface area contributed by atoms with Crippen LogP contribution in [0.1, 0.15) is 5.56 Å². The highest BCUT2D eigenvalue weighted by atomic mass is 35.5. The molecule has 0 amide bonds. The van der Waals surface area contributed by atoms with Gasteiger partial charge < -0.3 is 14.6 Å². The van der Waals surface area contributed by atoms with Gasteiger partial charge in [-0.3, -0.25) is 0 Å². The number of methoxy groups -OCH3 is 1. The zero-order chi connectivity index (χ0) is 12.0. The molecule has 1 aromatic rings. The summed E-state index contributed by atoms with van der Waals surface area (Å²) in [6.45, 7) is 0.0849. The molecule has 0 saturated carbocycles. The van der Waals surface area contributed by atoms with Crippen molar-refractivity contribution < 1.29 is 14.6 Å². The second kappa shape index (κ2) is 6.21. The number of alkyl halides is 1. The molecule has 1 N–H and O–H groups in total. The van der Waals surface area contributed by atoms with Gasteiger partial charge in [0, 0.05) is 6.07 Å². The Morgan fingerprint density at radius 3 is 2.69 bits per heavy atom. The summed E-state index contributed by atoms with van der Waals surface area (Å²) in [4.78, 5) is 0. The molecule has 0 aliphatic carbocycles. The van der Waals surface area contributed by atoms with E-state index in [4.69, 9.17) is 26.3 Å². The van der Waals surface area contributed by atoms with Crippen molar-refractivity contribution in [3.63, 3.8) is 0 Å². The van der Waals surface area contributed by atoms with Crippen LogP contribution < -0.4 is 9.47 Å². The lowest BCUT2D eigenvalue weighted by atomic mass is 10.2. The first-order valence-corrected chi connectivity index (χ1v) is 5.19. The van der Waals surface area contributed by atoms with E-state index in [1.165, 1.54) is 7.11 Å². The zero-order valence-corrected chi connectivity index (χ0v) is 9.57. The van der Waals surface area contributed by atoms with Gasteiger partial charge in [-0.1, -0.05) is 0 Å². The number of aliphatic hydroxyl groups is 1. The molecule has 0 aliphatic heterocycles. The average molecular weight is 242 g/mol. The van der Waals surface area contributed by atoms with Crippen molar-refractivity contribution in [2.24, 2.45) is 0 Å². The topological polar surface area (TPSA) is 62.5 Å². The van der Waals surface area contributed by atoms with E-state index in [-0.39, 0.29) is 12.5 Å². The second-order valence-corrected chi connectivity index (χ2v) is 3.44. The smallest absolute Gasteiger partial charge is 0.124 e. The summed E-state index contributed by atoms with van der Waals surface area (Å²) >= 11 is 5.43. The van der Waals surface area contributed by atoms with Gasteiger partial charge >= 0.3 is 0 Å². The Balaban J connectivity index is 2.76. The van der Waals surface area contributed by atoms with Crippen LogP contribution in [0.4, 0.5) is 0 Å². The summed E-state index contributed by atoms with van der Waals surface area (Å²) in [5, 5.41) is 18.0. The molecule has 0 spiro atoms. The third-order valence-electron chi connectivity index (χ3n) is 1.87. The maximum Gasteiger partial charge on any atom is 0.124 e. The lowest BCUT2D eigenvalue weighted by Gasteiger charge is -2.10. The van der Waals surface area contributed by atoms with Crippen LogP contribution in [-0.2, 0) is 0 Å². The van der Waals surface area contributed by atoms with Crippen LogP contribution in [0, 0.1) is 11.3 Å². The number of rotatable bonds is 5. The maximum absolute atomic E-state index is 9.22. The molecule has 0 aliphatic rings. The number of benzene rings is 1. The Labute approximate surface area is 99.0 Å². The first-order valence-electron chi connectivity index (χ1n) is 4.65. The van der Waals surface area contributed by atoms with Gasteiger partial charge in [-0.15, -0.1) is 11.6 Å². The van der Waals surface area contributed by atoms with Crippen LogP contribution in [-0.4, -0.2) is 30.8 Å². The minimum Gasteiger partial charge on any atom is -0.497 e. The molecule has 1 rings (SSSR count). The van der Waals surface area contributed by atoms with Crippen molar-refractivity contribution >= 4 is 11.6 Å². The Morgan fingerprint density at radius 1 is 1.44 bits per heavy atom. The van der Waals surface area contributed by atoms with E-state index in [0.717, 1.165) is 0 Å². The molecule has 0 bridgehead atoms. The quantitative estimate of drug-likeness (QED) is 0.795. The fourth-order valence-corrected chi connectivity index (χ4v) is 1.16. The molecular formula is C11H12ClNO3. The van der Waals surface area contributed by atoms with Crippen molar-refractivity contribution in [2.75, 3.05) is 19.6 Å². The minimum absolute atomic E-state index is 0.0849. The van der Waals surface area contributed by atoms with Gasteiger partial charge in [-0.05, 0) is 12.1 Å². The summed E-state index contributed by atoms with van der Waals surface area (Å²) < 4.78 is 10.3. The third kappa shape index (κ3) is 3.61. The number of ether oxygens (including phenoxy) is 2. The summed E-state index contributed by atoms with van der Waals surface area (Å²) in [6, 6.07) is 6.81. The number of hydrogen-bond donors (Lipinski definition) is 1. The first kappa shape index (κ1) is 12.6. The predicted octanol–water partition coefficient (Wildman–Crippen LogP) is 1.55. The van der Waals surface area contributed by atoms with Crippen LogP contribution in [0.2, 0.25) is 0 Å². The molecule has 0 fully saturated rings. The summed E-state index contributed by atoms with van der Waals surface area (Å²) in [5.41, 5.74) is 0.440. The summed E-state index contributed by atoms with van der Waals surface area (Å²) in [5.74, 6) is 1.12. The largest absolute Gasteiger partial charge is 0.497 e. The van der Waals surface area contributed by atoms with E-state index in [1.807, 2.05) is 6.07 Å². The van der Waals surface area contributed by atoms with E-state index in [9.17, 15) is 5.11 Å². The highest BCUT2D eigenvalue weighted by molar-refractivity contribution is 6.18. The lowest BCUT2D eigenvalue weighted by molar-refractivity contribution is 0.125. The van der Waals surface area contributed by atoms with Gasteiger partial charge in [0.25, 0.3) is 0 Å². The monoisotopic (exact) mass is 241 g/mol. The molecule has 1 atom stereocenters. The van der Waals surface area contributed by atoms with Gasteiger partial charge in [0.15, 0.2) is 0 Å². The van der Waals surface area contributed by atoms with Crippen LogP contribution in [0.3, 0.4) is 0 Å². The summed E-state index contributed by atoms with van der Waals surface area (Å²) in [6.07, 6.45) is -0.724. The number of nitriles is 1. The fourth-order valence-electron chi connectivity index (χ4n) is 1.07. The van der Waals surface area contributed by atoms with Gasteiger partial charge in [0.2, 0.25) is 0 Å². The molecule has 0 aromatic heterocycles. The van der Waals surface area contributed by atoms with E-state index in [0.29, 0.717) is 17.1 Å². The van der Waals surface area contributed by atoms with Crippen LogP contribution in [0.25, 0.3) is 0 Å². The van der Waals surface area contributed by atoms with E-state index < -0.39 is 6.10 Å². The van der Waals surface area contributed by atoms with Crippen molar-refractivity contribution in [3.05, 3.63) is 23.8 Å². The van der Waals surface area contributed by atoms with E-state index in [1.54, 1.807) is 18.2 Å². The van der Waals surface area contributed by atoms with Gasteiger partial charge in [-0.25, -0.2) is 0 Å². The normalized spacial score (nSPS) is 11.6. The molecular weight excluding hydrogens is 230 g/mol. The number of aliphatic hydroxyl groups excluding tert-OH is 1. The molecule has 5 heteroatoms. The van der Waals surface area contributed by atoms with E-state index in [2.05, 4.69) is 0 Å². The molecule has 0 radical (unpaired) electrons. The number of nitrogens with zero attached hydrogens (tertiary/aromatic N) is 1. The standard InChI is InChI=1S/C11H12ClNO3/c1-15-10-2-8(6-13)3-11(4-10)16-7-9(14)5-12/h2-4,9,14H,5,7H2,1H3. The third-order valence-corrected chi connectivity index (χ3v) is 2.22. The van der Waals surface area contributed by atoms with Gasteiger partial charge in [0.1, 0.15) is 24.2 Å². The number of hydrogen-bond acceptors (Lipinski definition) is 4. The zero-order valence-electron chi connectivity index (χ0n) is 8.81. The molecule has 1 unspecified atom stereocenters. The molecule has 0 heterocycles.